The number of benzene rings is 3. The van der Waals surface area contributed by atoms with Gasteiger partial charge in [-0.2, -0.15) is 0 Å². The van der Waals surface area contributed by atoms with Gasteiger partial charge in [-0.25, -0.2) is 0 Å². The van der Waals surface area contributed by atoms with Crippen LogP contribution in [0.4, 0.5) is 5.69 Å². The summed E-state index contributed by atoms with van der Waals surface area (Å²) in [5.74, 6) is -0.900. The number of nitrogens with zero attached hydrogens (tertiary/aromatic N) is 1. The third-order valence-electron chi connectivity index (χ3n) is 5.78. The number of aliphatic hydroxyl groups is 1. The SMILES string of the molecule is COc1ccc(C2/C(=C(\O)c3ccc(Br)cc3)C(=O)C(=O)N2c2cccc(Cl)c2C)cc1OC. The molecule has 174 valence electrons. The number of ether oxygens (including phenoxy) is 2. The zero-order valence-corrected chi connectivity index (χ0v) is 21.0. The first-order valence-corrected chi connectivity index (χ1v) is 11.5. The highest BCUT2D eigenvalue weighted by Gasteiger charge is 2.47. The zero-order chi connectivity index (χ0) is 24.6. The minimum atomic E-state index is -0.916. The van der Waals surface area contributed by atoms with E-state index in [-0.39, 0.29) is 11.3 Å². The topological polar surface area (TPSA) is 76.1 Å². The minimum absolute atomic E-state index is 0.0288. The molecule has 1 fully saturated rings. The van der Waals surface area contributed by atoms with E-state index in [4.69, 9.17) is 21.1 Å². The molecule has 1 aliphatic rings. The van der Waals surface area contributed by atoms with Gasteiger partial charge in [0.1, 0.15) is 5.76 Å². The predicted octanol–water partition coefficient (Wildman–Crippen LogP) is 6.05. The molecule has 1 aliphatic heterocycles. The molecule has 4 rings (SSSR count). The molecule has 1 saturated heterocycles. The Labute approximate surface area is 210 Å². The molecular weight excluding hydrogens is 522 g/mol. The van der Waals surface area contributed by atoms with Crippen molar-refractivity contribution in [2.24, 2.45) is 0 Å². The second-order valence-corrected chi connectivity index (χ2v) is 9.00. The molecule has 1 atom stereocenters. The van der Waals surface area contributed by atoms with E-state index in [9.17, 15) is 14.7 Å². The molecule has 8 heteroatoms. The number of ketones is 1. The van der Waals surface area contributed by atoms with Crippen molar-refractivity contribution in [1.29, 1.82) is 0 Å². The van der Waals surface area contributed by atoms with Crippen LogP contribution >= 0.6 is 27.5 Å². The molecule has 1 unspecified atom stereocenters. The summed E-state index contributed by atoms with van der Waals surface area (Å²) in [5.41, 5.74) is 2.06. The Morgan fingerprint density at radius 2 is 1.68 bits per heavy atom. The van der Waals surface area contributed by atoms with Crippen LogP contribution in [0.3, 0.4) is 0 Å². The highest BCUT2D eigenvalue weighted by Crippen LogP contribution is 2.45. The molecule has 0 radical (unpaired) electrons. The number of rotatable bonds is 5. The van der Waals surface area contributed by atoms with Gasteiger partial charge in [0.2, 0.25) is 0 Å². The number of Topliss-reactive ketones (excluding diaryl/α,β-unsaturated/α-hetero) is 1. The van der Waals surface area contributed by atoms with Crippen molar-refractivity contribution in [3.8, 4) is 11.5 Å². The van der Waals surface area contributed by atoms with E-state index in [1.54, 1.807) is 67.6 Å². The van der Waals surface area contributed by atoms with Crippen molar-refractivity contribution >= 4 is 50.7 Å². The van der Waals surface area contributed by atoms with Crippen LogP contribution in [0.15, 0.2) is 70.7 Å². The Morgan fingerprint density at radius 1 is 1.00 bits per heavy atom. The summed E-state index contributed by atoms with van der Waals surface area (Å²) in [6, 6.07) is 16.2. The molecule has 1 heterocycles. The first-order valence-electron chi connectivity index (χ1n) is 10.3. The molecule has 0 bridgehead atoms. The predicted molar refractivity (Wildman–Crippen MR) is 135 cm³/mol. The standard InChI is InChI=1S/C26H21BrClNO5/c1-14-18(28)5-4-6-19(14)29-23(16-9-12-20(33-2)21(13-16)34-3)22(25(31)26(29)32)24(30)15-7-10-17(27)11-8-15/h4-13,23,30H,1-3H3/b24-22+. The van der Waals surface area contributed by atoms with Crippen LogP contribution in [0.5, 0.6) is 11.5 Å². The zero-order valence-electron chi connectivity index (χ0n) is 18.6. The molecule has 34 heavy (non-hydrogen) atoms. The van der Waals surface area contributed by atoms with Crippen LogP contribution in [-0.4, -0.2) is 31.0 Å². The van der Waals surface area contributed by atoms with E-state index in [1.165, 1.54) is 19.1 Å². The van der Waals surface area contributed by atoms with Crippen LogP contribution in [-0.2, 0) is 9.59 Å². The number of halogens is 2. The van der Waals surface area contributed by atoms with Gasteiger partial charge in [0.15, 0.2) is 11.5 Å². The van der Waals surface area contributed by atoms with Gasteiger partial charge in [-0.05, 0) is 54.4 Å². The normalized spacial score (nSPS) is 17.2. The molecule has 0 saturated carbocycles. The van der Waals surface area contributed by atoms with Gasteiger partial charge < -0.3 is 14.6 Å². The molecule has 6 nitrogen and oxygen atoms in total. The molecular formula is C26H21BrClNO5. The van der Waals surface area contributed by atoms with Crippen LogP contribution in [0.1, 0.15) is 22.7 Å². The molecule has 0 aromatic heterocycles. The van der Waals surface area contributed by atoms with Crippen LogP contribution in [0.25, 0.3) is 5.76 Å². The lowest BCUT2D eigenvalue weighted by atomic mass is 9.94. The minimum Gasteiger partial charge on any atom is -0.507 e. The number of hydrogen-bond donors (Lipinski definition) is 1. The highest BCUT2D eigenvalue weighted by atomic mass is 79.9. The Hall–Kier alpha value is -3.29. The van der Waals surface area contributed by atoms with Crippen molar-refractivity contribution in [1.82, 2.24) is 0 Å². The van der Waals surface area contributed by atoms with E-state index in [1.807, 2.05) is 0 Å². The van der Waals surface area contributed by atoms with Crippen LogP contribution < -0.4 is 14.4 Å². The lowest BCUT2D eigenvalue weighted by Crippen LogP contribution is -2.30. The summed E-state index contributed by atoms with van der Waals surface area (Å²) in [4.78, 5) is 28.0. The molecule has 3 aromatic carbocycles. The molecule has 1 N–H and O–H groups in total. The number of hydrogen-bond acceptors (Lipinski definition) is 5. The summed E-state index contributed by atoms with van der Waals surface area (Å²) < 4.78 is 11.6. The van der Waals surface area contributed by atoms with Crippen molar-refractivity contribution in [2.75, 3.05) is 19.1 Å². The quantitative estimate of drug-likeness (QED) is 0.241. The van der Waals surface area contributed by atoms with E-state index < -0.39 is 17.7 Å². The fraction of sp³-hybridized carbons (Fsp3) is 0.154. The molecule has 3 aromatic rings. The summed E-state index contributed by atoms with van der Waals surface area (Å²) in [6.07, 6.45) is 0. The number of carbonyl (C=O) groups is 2. The Bertz CT molecular complexity index is 1320. The summed E-state index contributed by atoms with van der Waals surface area (Å²) in [5, 5.41) is 11.7. The molecule has 0 spiro atoms. The largest absolute Gasteiger partial charge is 0.507 e. The van der Waals surface area contributed by atoms with Crippen LogP contribution in [0.2, 0.25) is 5.02 Å². The Morgan fingerprint density at radius 3 is 2.32 bits per heavy atom. The van der Waals surface area contributed by atoms with Gasteiger partial charge >= 0.3 is 0 Å². The van der Waals surface area contributed by atoms with Crippen molar-refractivity contribution in [3.63, 3.8) is 0 Å². The first-order chi connectivity index (χ1) is 16.3. The van der Waals surface area contributed by atoms with Crippen molar-refractivity contribution < 1.29 is 24.2 Å². The highest BCUT2D eigenvalue weighted by molar-refractivity contribution is 9.10. The second-order valence-electron chi connectivity index (χ2n) is 7.67. The lowest BCUT2D eigenvalue weighted by molar-refractivity contribution is -0.132. The number of anilines is 1. The second kappa shape index (κ2) is 9.52. The van der Waals surface area contributed by atoms with Gasteiger partial charge in [-0.1, -0.05) is 51.8 Å². The maximum absolute atomic E-state index is 13.4. The molecule has 0 aliphatic carbocycles. The van der Waals surface area contributed by atoms with E-state index in [2.05, 4.69) is 15.9 Å². The Kier molecular flexibility index (Phi) is 6.68. The fourth-order valence-corrected chi connectivity index (χ4v) is 4.47. The average Bonchev–Trinajstić information content (AvgIpc) is 3.10. The first kappa shape index (κ1) is 23.9. The third-order valence-corrected chi connectivity index (χ3v) is 6.72. The third kappa shape index (κ3) is 4.06. The van der Waals surface area contributed by atoms with Gasteiger partial charge in [-0.3, -0.25) is 14.5 Å². The van der Waals surface area contributed by atoms with E-state index >= 15 is 0 Å². The summed E-state index contributed by atoms with van der Waals surface area (Å²) in [6.45, 7) is 1.78. The van der Waals surface area contributed by atoms with E-state index in [0.717, 1.165) is 4.47 Å². The fourth-order valence-electron chi connectivity index (χ4n) is 4.04. The number of aliphatic hydroxyl groups excluding tert-OH is 1. The molecule has 1 amide bonds. The summed E-state index contributed by atoms with van der Waals surface area (Å²) >= 11 is 9.71. The number of methoxy groups -OCH3 is 2. The Balaban J connectivity index is 2.00. The van der Waals surface area contributed by atoms with Crippen molar-refractivity contribution in [2.45, 2.75) is 13.0 Å². The lowest BCUT2D eigenvalue weighted by Gasteiger charge is -2.27. The maximum atomic E-state index is 13.4. The van der Waals surface area contributed by atoms with Crippen LogP contribution in [0, 0.1) is 6.92 Å². The average molecular weight is 543 g/mol. The maximum Gasteiger partial charge on any atom is 0.300 e. The van der Waals surface area contributed by atoms with Crippen molar-refractivity contribution in [3.05, 3.63) is 92.4 Å². The number of carbonyl (C=O) groups excluding carboxylic acids is 2. The van der Waals surface area contributed by atoms with Gasteiger partial charge in [0, 0.05) is 20.7 Å². The summed E-state index contributed by atoms with van der Waals surface area (Å²) in [7, 11) is 3.02. The van der Waals surface area contributed by atoms with E-state index in [0.29, 0.717) is 38.9 Å². The van der Waals surface area contributed by atoms with Gasteiger partial charge in [0.25, 0.3) is 11.7 Å². The van der Waals surface area contributed by atoms with Gasteiger partial charge in [0.05, 0.1) is 25.8 Å². The monoisotopic (exact) mass is 541 g/mol. The number of amides is 1. The smallest absolute Gasteiger partial charge is 0.300 e. The van der Waals surface area contributed by atoms with Gasteiger partial charge in [-0.15, -0.1) is 0 Å².